The van der Waals surface area contributed by atoms with Crippen molar-refractivity contribution in [3.05, 3.63) is 33.8 Å². The Morgan fingerprint density at radius 1 is 1.45 bits per heavy atom. The average Bonchev–Trinajstić information content (AvgIpc) is 3.06. The van der Waals surface area contributed by atoms with Crippen molar-refractivity contribution in [2.75, 3.05) is 20.3 Å². The molecule has 0 aliphatic carbocycles. The van der Waals surface area contributed by atoms with Crippen LogP contribution in [0.4, 0.5) is 0 Å². The Balaban J connectivity index is 1.94. The number of carbonyl (C=O) groups excluding carboxylic acids is 1. The SMILES string of the molecule is COCCOC(=O)c1nnn(CCc2ccsc2)c1C. The molecule has 20 heavy (non-hydrogen) atoms. The second-order valence-electron chi connectivity index (χ2n) is 4.26. The second kappa shape index (κ2) is 7.16. The topological polar surface area (TPSA) is 66.2 Å². The zero-order chi connectivity index (χ0) is 14.4. The highest BCUT2D eigenvalue weighted by Gasteiger charge is 2.17. The molecule has 0 aliphatic rings. The largest absolute Gasteiger partial charge is 0.458 e. The molecule has 2 aromatic heterocycles. The molecule has 0 aromatic carbocycles. The first-order chi connectivity index (χ1) is 9.72. The first-order valence-electron chi connectivity index (χ1n) is 6.29. The van der Waals surface area contributed by atoms with Gasteiger partial charge in [-0.3, -0.25) is 0 Å². The van der Waals surface area contributed by atoms with Gasteiger partial charge in [-0.1, -0.05) is 5.21 Å². The predicted octanol–water partition coefficient (Wildman–Crippen LogP) is 1.69. The van der Waals surface area contributed by atoms with Crippen molar-refractivity contribution in [3.8, 4) is 0 Å². The fourth-order valence-corrected chi connectivity index (χ4v) is 2.42. The number of hydrogen-bond acceptors (Lipinski definition) is 6. The first kappa shape index (κ1) is 14.7. The number of esters is 1. The summed E-state index contributed by atoms with van der Waals surface area (Å²) >= 11 is 1.67. The smallest absolute Gasteiger partial charge is 0.360 e. The van der Waals surface area contributed by atoms with E-state index >= 15 is 0 Å². The number of hydrogen-bond donors (Lipinski definition) is 0. The Morgan fingerprint density at radius 2 is 2.30 bits per heavy atom. The maximum absolute atomic E-state index is 11.8. The lowest BCUT2D eigenvalue weighted by molar-refractivity contribution is 0.0380. The average molecular weight is 295 g/mol. The molecule has 6 nitrogen and oxygen atoms in total. The van der Waals surface area contributed by atoms with Crippen LogP contribution in [-0.4, -0.2) is 41.3 Å². The van der Waals surface area contributed by atoms with Crippen LogP contribution in [0.1, 0.15) is 21.7 Å². The third-order valence-electron chi connectivity index (χ3n) is 2.89. The quantitative estimate of drug-likeness (QED) is 0.574. The monoisotopic (exact) mass is 295 g/mol. The summed E-state index contributed by atoms with van der Waals surface area (Å²) in [7, 11) is 1.56. The summed E-state index contributed by atoms with van der Waals surface area (Å²) in [6.07, 6.45) is 0.867. The molecule has 7 heteroatoms. The second-order valence-corrected chi connectivity index (χ2v) is 5.04. The molecule has 0 spiro atoms. The molecule has 2 heterocycles. The number of aromatic nitrogens is 3. The number of nitrogens with zero attached hydrogens (tertiary/aromatic N) is 3. The molecule has 0 aliphatic heterocycles. The molecular weight excluding hydrogens is 278 g/mol. The number of aryl methyl sites for hydroxylation is 2. The fourth-order valence-electron chi connectivity index (χ4n) is 1.72. The van der Waals surface area contributed by atoms with E-state index in [-0.39, 0.29) is 12.3 Å². The molecule has 2 aromatic rings. The Kier molecular flexibility index (Phi) is 5.25. The summed E-state index contributed by atoms with van der Waals surface area (Å²) < 4.78 is 11.6. The molecule has 0 saturated carbocycles. The molecule has 0 amide bonds. The zero-order valence-electron chi connectivity index (χ0n) is 11.5. The van der Waals surface area contributed by atoms with Crippen molar-refractivity contribution in [2.24, 2.45) is 0 Å². The molecule has 0 unspecified atom stereocenters. The summed E-state index contributed by atoms with van der Waals surface area (Å²) in [4.78, 5) is 11.8. The molecule has 108 valence electrons. The van der Waals surface area contributed by atoms with E-state index in [1.54, 1.807) is 23.1 Å². The maximum atomic E-state index is 11.8. The summed E-state index contributed by atoms with van der Waals surface area (Å²) in [6.45, 7) is 3.11. The van der Waals surface area contributed by atoms with Gasteiger partial charge in [0.05, 0.1) is 12.3 Å². The van der Waals surface area contributed by atoms with Crippen molar-refractivity contribution in [1.82, 2.24) is 15.0 Å². The molecule has 0 N–H and O–H groups in total. The highest BCUT2D eigenvalue weighted by Crippen LogP contribution is 2.10. The Morgan fingerprint density at radius 3 is 3.00 bits per heavy atom. The van der Waals surface area contributed by atoms with Crippen LogP contribution < -0.4 is 0 Å². The third kappa shape index (κ3) is 3.64. The summed E-state index contributed by atoms with van der Waals surface area (Å²) in [6, 6.07) is 2.08. The maximum Gasteiger partial charge on any atom is 0.360 e. The minimum atomic E-state index is -0.457. The Bertz CT molecular complexity index is 551. The van der Waals surface area contributed by atoms with E-state index in [2.05, 4.69) is 21.8 Å². The fraction of sp³-hybridized carbons (Fsp3) is 0.462. The van der Waals surface area contributed by atoms with Gasteiger partial charge in [0.15, 0.2) is 5.69 Å². The molecule has 0 atom stereocenters. The number of thiophene rings is 1. The molecular formula is C13H17N3O3S. The summed E-state index contributed by atoms with van der Waals surface area (Å²) in [5, 5.41) is 12.0. The summed E-state index contributed by atoms with van der Waals surface area (Å²) in [5.41, 5.74) is 2.25. The van der Waals surface area contributed by atoms with E-state index in [0.717, 1.165) is 12.1 Å². The van der Waals surface area contributed by atoms with Gasteiger partial charge in [0, 0.05) is 13.7 Å². The lowest BCUT2D eigenvalue weighted by Gasteiger charge is -2.04. The number of methoxy groups -OCH3 is 1. The molecule has 2 rings (SSSR count). The lowest BCUT2D eigenvalue weighted by Crippen LogP contribution is -2.12. The summed E-state index contributed by atoms with van der Waals surface area (Å²) in [5.74, 6) is -0.457. The van der Waals surface area contributed by atoms with Crippen molar-refractivity contribution >= 4 is 17.3 Å². The van der Waals surface area contributed by atoms with Crippen LogP contribution in [-0.2, 0) is 22.4 Å². The van der Waals surface area contributed by atoms with Gasteiger partial charge in [-0.05, 0) is 35.7 Å². The number of rotatable bonds is 7. The van der Waals surface area contributed by atoms with E-state index in [4.69, 9.17) is 9.47 Å². The van der Waals surface area contributed by atoms with Crippen LogP contribution in [0.2, 0.25) is 0 Å². The Hall–Kier alpha value is -1.73. The normalized spacial score (nSPS) is 10.7. The van der Waals surface area contributed by atoms with Crippen molar-refractivity contribution < 1.29 is 14.3 Å². The van der Waals surface area contributed by atoms with E-state index < -0.39 is 5.97 Å². The highest BCUT2D eigenvalue weighted by atomic mass is 32.1. The number of carbonyl (C=O) groups is 1. The van der Waals surface area contributed by atoms with Crippen LogP contribution in [0, 0.1) is 6.92 Å². The van der Waals surface area contributed by atoms with Crippen LogP contribution >= 0.6 is 11.3 Å². The van der Waals surface area contributed by atoms with Crippen LogP contribution in [0.15, 0.2) is 16.8 Å². The van der Waals surface area contributed by atoms with Gasteiger partial charge in [-0.15, -0.1) is 5.10 Å². The van der Waals surface area contributed by atoms with Crippen LogP contribution in [0.5, 0.6) is 0 Å². The zero-order valence-corrected chi connectivity index (χ0v) is 12.4. The predicted molar refractivity (Wildman–Crippen MR) is 74.9 cm³/mol. The Labute approximate surface area is 121 Å². The van der Waals surface area contributed by atoms with Gasteiger partial charge >= 0.3 is 5.97 Å². The van der Waals surface area contributed by atoms with Gasteiger partial charge < -0.3 is 9.47 Å². The van der Waals surface area contributed by atoms with E-state index in [9.17, 15) is 4.79 Å². The van der Waals surface area contributed by atoms with Crippen LogP contribution in [0.25, 0.3) is 0 Å². The van der Waals surface area contributed by atoms with Crippen LogP contribution in [0.3, 0.4) is 0 Å². The van der Waals surface area contributed by atoms with Crippen molar-refractivity contribution in [3.63, 3.8) is 0 Å². The minimum absolute atomic E-state index is 0.219. The van der Waals surface area contributed by atoms with Gasteiger partial charge in [-0.25, -0.2) is 9.48 Å². The van der Waals surface area contributed by atoms with Crippen molar-refractivity contribution in [1.29, 1.82) is 0 Å². The van der Waals surface area contributed by atoms with Gasteiger partial charge in [0.1, 0.15) is 6.61 Å². The van der Waals surface area contributed by atoms with Crippen molar-refractivity contribution in [2.45, 2.75) is 19.9 Å². The molecule has 0 bridgehead atoms. The van der Waals surface area contributed by atoms with E-state index in [1.165, 1.54) is 5.56 Å². The highest BCUT2D eigenvalue weighted by molar-refractivity contribution is 7.07. The van der Waals surface area contributed by atoms with E-state index in [0.29, 0.717) is 13.2 Å². The molecule has 0 radical (unpaired) electrons. The third-order valence-corrected chi connectivity index (χ3v) is 3.62. The lowest BCUT2D eigenvalue weighted by atomic mass is 10.2. The van der Waals surface area contributed by atoms with E-state index in [1.807, 2.05) is 12.3 Å². The molecule has 0 saturated heterocycles. The van der Waals surface area contributed by atoms with Gasteiger partial charge in [-0.2, -0.15) is 11.3 Å². The molecule has 0 fully saturated rings. The minimum Gasteiger partial charge on any atom is -0.458 e. The van der Waals surface area contributed by atoms with Gasteiger partial charge in [0.2, 0.25) is 0 Å². The number of ether oxygens (including phenoxy) is 2. The standard InChI is InChI=1S/C13H17N3O3S/c1-10-12(13(17)19-7-6-18-2)14-15-16(10)5-3-11-4-8-20-9-11/h4,8-9H,3,5-7H2,1-2H3. The van der Waals surface area contributed by atoms with Gasteiger partial charge in [0.25, 0.3) is 0 Å². The first-order valence-corrected chi connectivity index (χ1v) is 7.24.